The third-order valence-electron chi connectivity index (χ3n) is 4.24. The summed E-state index contributed by atoms with van der Waals surface area (Å²) in [6.07, 6.45) is 6.38. The largest absolute Gasteiger partial charge is 0.507 e. The molecule has 1 N–H and O–H groups in total. The molecule has 1 heteroatoms. The van der Waals surface area contributed by atoms with Crippen molar-refractivity contribution >= 4 is 16.8 Å². The quantitative estimate of drug-likeness (QED) is 0.647. The molecule has 102 valence electrons. The molecule has 0 amide bonds. The third-order valence-corrected chi connectivity index (χ3v) is 4.24. The van der Waals surface area contributed by atoms with Crippen molar-refractivity contribution in [1.82, 2.24) is 0 Å². The van der Waals surface area contributed by atoms with Crippen molar-refractivity contribution in [3.63, 3.8) is 0 Å². The average Bonchev–Trinajstić information content (AvgIpc) is 2.54. The van der Waals surface area contributed by atoms with E-state index in [0.717, 1.165) is 24.0 Å². The van der Waals surface area contributed by atoms with E-state index >= 15 is 0 Å². The van der Waals surface area contributed by atoms with E-state index in [-0.39, 0.29) is 0 Å². The zero-order valence-electron chi connectivity index (χ0n) is 11.7. The van der Waals surface area contributed by atoms with Gasteiger partial charge in [-0.3, -0.25) is 0 Å². The summed E-state index contributed by atoms with van der Waals surface area (Å²) in [5, 5.41) is 12.9. The molecule has 0 fully saturated rings. The highest BCUT2D eigenvalue weighted by Crippen LogP contribution is 2.40. The Labute approximate surface area is 124 Å². The minimum atomic E-state index is 0.375. The molecule has 0 bridgehead atoms. The topological polar surface area (TPSA) is 20.2 Å². The van der Waals surface area contributed by atoms with E-state index in [2.05, 4.69) is 54.6 Å². The molecular formula is C20H16O. The number of fused-ring (bicyclic) bond motifs is 2. The van der Waals surface area contributed by atoms with Crippen LogP contribution in [0.3, 0.4) is 0 Å². The lowest BCUT2D eigenvalue weighted by Gasteiger charge is -2.18. The Morgan fingerprint density at radius 3 is 2.67 bits per heavy atom. The first-order valence-electron chi connectivity index (χ1n) is 7.34. The Morgan fingerprint density at radius 1 is 0.857 bits per heavy atom. The van der Waals surface area contributed by atoms with E-state index in [9.17, 15) is 5.11 Å². The summed E-state index contributed by atoms with van der Waals surface area (Å²) < 4.78 is 0. The van der Waals surface area contributed by atoms with E-state index in [0.29, 0.717) is 5.75 Å². The Kier molecular flexibility index (Phi) is 2.78. The maximum Gasteiger partial charge on any atom is 0.123 e. The predicted octanol–water partition coefficient (Wildman–Crippen LogP) is 5.17. The smallest absolute Gasteiger partial charge is 0.123 e. The van der Waals surface area contributed by atoms with Gasteiger partial charge in [-0.1, -0.05) is 60.7 Å². The molecule has 0 atom stereocenters. The number of hydrogen-bond donors (Lipinski definition) is 1. The maximum atomic E-state index is 10.5. The lowest BCUT2D eigenvalue weighted by Crippen LogP contribution is -1.98. The van der Waals surface area contributed by atoms with Crippen molar-refractivity contribution in [2.45, 2.75) is 12.8 Å². The van der Waals surface area contributed by atoms with Gasteiger partial charge in [0.15, 0.2) is 0 Å². The van der Waals surface area contributed by atoms with E-state index in [1.807, 2.05) is 12.1 Å². The summed E-state index contributed by atoms with van der Waals surface area (Å²) in [6.45, 7) is 0. The van der Waals surface area contributed by atoms with Gasteiger partial charge in [0.25, 0.3) is 0 Å². The Bertz CT molecular complexity index is 854. The van der Waals surface area contributed by atoms with Crippen molar-refractivity contribution in [1.29, 1.82) is 0 Å². The second-order valence-corrected chi connectivity index (χ2v) is 5.50. The molecule has 0 radical (unpaired) electrons. The normalized spacial score (nSPS) is 13.3. The fraction of sp³-hybridized carbons (Fsp3) is 0.100. The van der Waals surface area contributed by atoms with Gasteiger partial charge >= 0.3 is 0 Å². The number of aromatic hydroxyl groups is 1. The second kappa shape index (κ2) is 4.78. The lowest BCUT2D eigenvalue weighted by atomic mass is 9.87. The van der Waals surface area contributed by atoms with Crippen LogP contribution in [0.25, 0.3) is 28.0 Å². The SMILES string of the molecule is Oc1ccc2c(c1-c1cccc3ccccc13)CCC=C2. The number of rotatable bonds is 1. The van der Waals surface area contributed by atoms with E-state index in [1.54, 1.807) is 0 Å². The Balaban J connectivity index is 2.08. The third kappa shape index (κ3) is 1.93. The molecule has 0 saturated carbocycles. The van der Waals surface area contributed by atoms with Gasteiger partial charge in [-0.15, -0.1) is 0 Å². The van der Waals surface area contributed by atoms with Crippen molar-refractivity contribution in [3.05, 3.63) is 71.8 Å². The second-order valence-electron chi connectivity index (χ2n) is 5.50. The van der Waals surface area contributed by atoms with Crippen molar-refractivity contribution < 1.29 is 5.11 Å². The maximum absolute atomic E-state index is 10.5. The molecule has 0 unspecified atom stereocenters. The molecule has 0 heterocycles. The summed E-state index contributed by atoms with van der Waals surface area (Å²) in [4.78, 5) is 0. The van der Waals surface area contributed by atoms with Gasteiger partial charge in [0.05, 0.1) is 0 Å². The number of phenolic OH excluding ortho intramolecular Hbond substituents is 1. The minimum Gasteiger partial charge on any atom is -0.507 e. The van der Waals surface area contributed by atoms with Crippen LogP contribution in [0.4, 0.5) is 0 Å². The zero-order valence-corrected chi connectivity index (χ0v) is 11.7. The van der Waals surface area contributed by atoms with Gasteiger partial charge in [-0.25, -0.2) is 0 Å². The average molecular weight is 272 g/mol. The van der Waals surface area contributed by atoms with Gasteiger partial charge in [-0.2, -0.15) is 0 Å². The summed E-state index contributed by atoms with van der Waals surface area (Å²) in [7, 11) is 0. The van der Waals surface area contributed by atoms with Crippen LogP contribution < -0.4 is 0 Å². The van der Waals surface area contributed by atoms with Crippen LogP contribution in [0.15, 0.2) is 60.7 Å². The van der Waals surface area contributed by atoms with Crippen molar-refractivity contribution in [2.75, 3.05) is 0 Å². The van der Waals surface area contributed by atoms with E-state index < -0.39 is 0 Å². The van der Waals surface area contributed by atoms with Crippen LogP contribution in [0.5, 0.6) is 5.75 Å². The standard InChI is InChI=1S/C20H16O/c21-19-13-12-15-7-2-4-10-17(15)20(19)18-11-5-8-14-6-1-3-9-16(14)18/h1-3,5-9,11-13,21H,4,10H2. The first-order chi connectivity index (χ1) is 10.3. The molecule has 1 nitrogen and oxygen atoms in total. The molecule has 3 aromatic carbocycles. The van der Waals surface area contributed by atoms with Gasteiger partial charge < -0.3 is 5.11 Å². The molecule has 1 aliphatic carbocycles. The lowest BCUT2D eigenvalue weighted by molar-refractivity contribution is 0.476. The monoisotopic (exact) mass is 272 g/mol. The molecule has 3 aromatic rings. The van der Waals surface area contributed by atoms with Gasteiger partial charge in [0.1, 0.15) is 5.75 Å². The molecule has 0 aliphatic heterocycles. The minimum absolute atomic E-state index is 0.375. The number of phenols is 1. The summed E-state index contributed by atoms with van der Waals surface area (Å²) in [5.74, 6) is 0.375. The predicted molar refractivity (Wildman–Crippen MR) is 88.4 cm³/mol. The first-order valence-corrected chi connectivity index (χ1v) is 7.34. The van der Waals surface area contributed by atoms with Gasteiger partial charge in [0.2, 0.25) is 0 Å². The zero-order chi connectivity index (χ0) is 14.2. The molecule has 0 saturated heterocycles. The van der Waals surface area contributed by atoms with Crippen LogP contribution in [0.2, 0.25) is 0 Å². The van der Waals surface area contributed by atoms with E-state index in [4.69, 9.17) is 0 Å². The van der Waals surface area contributed by atoms with Gasteiger partial charge in [0, 0.05) is 5.56 Å². The fourth-order valence-electron chi connectivity index (χ4n) is 3.26. The highest BCUT2D eigenvalue weighted by atomic mass is 16.3. The highest BCUT2D eigenvalue weighted by Gasteiger charge is 2.16. The fourth-order valence-corrected chi connectivity index (χ4v) is 3.26. The molecule has 0 spiro atoms. The van der Waals surface area contributed by atoms with Crippen molar-refractivity contribution in [3.8, 4) is 16.9 Å². The number of hydrogen-bond acceptors (Lipinski definition) is 1. The van der Waals surface area contributed by atoms with Gasteiger partial charge in [-0.05, 0) is 46.4 Å². The Morgan fingerprint density at radius 2 is 1.71 bits per heavy atom. The molecular weight excluding hydrogens is 256 g/mol. The molecule has 4 rings (SSSR count). The van der Waals surface area contributed by atoms with Crippen LogP contribution in [-0.4, -0.2) is 5.11 Å². The summed E-state index contributed by atoms with van der Waals surface area (Å²) >= 11 is 0. The highest BCUT2D eigenvalue weighted by molar-refractivity contribution is 5.99. The number of allylic oxidation sites excluding steroid dienone is 1. The first kappa shape index (κ1) is 12.2. The summed E-state index contributed by atoms with van der Waals surface area (Å²) in [6, 6.07) is 18.5. The van der Waals surface area contributed by atoms with Crippen molar-refractivity contribution in [2.24, 2.45) is 0 Å². The molecule has 0 aromatic heterocycles. The van der Waals surface area contributed by atoms with E-state index in [1.165, 1.54) is 21.9 Å². The Hall–Kier alpha value is -2.54. The molecule has 1 aliphatic rings. The number of benzene rings is 3. The molecule has 21 heavy (non-hydrogen) atoms. The van der Waals surface area contributed by atoms with Crippen LogP contribution in [0.1, 0.15) is 17.5 Å². The van der Waals surface area contributed by atoms with Crippen LogP contribution in [-0.2, 0) is 6.42 Å². The van der Waals surface area contributed by atoms with Crippen LogP contribution in [0, 0.1) is 0 Å². The summed E-state index contributed by atoms with van der Waals surface area (Å²) in [5.41, 5.74) is 4.60. The van der Waals surface area contributed by atoms with Crippen LogP contribution >= 0.6 is 0 Å².